The van der Waals surface area contributed by atoms with E-state index < -0.39 is 28.7 Å². The van der Waals surface area contributed by atoms with Crippen LogP contribution in [0.3, 0.4) is 0 Å². The van der Waals surface area contributed by atoms with Crippen molar-refractivity contribution in [2.24, 2.45) is 5.92 Å². The Morgan fingerprint density at radius 3 is 2.41 bits per heavy atom. The van der Waals surface area contributed by atoms with Crippen molar-refractivity contribution in [3.63, 3.8) is 0 Å². The van der Waals surface area contributed by atoms with Gasteiger partial charge in [0.05, 0.1) is 11.0 Å². The van der Waals surface area contributed by atoms with E-state index in [1.807, 2.05) is 36.4 Å². The number of fused-ring (bicyclic) bond motifs is 2. The Morgan fingerprint density at radius 1 is 0.955 bits per heavy atom. The number of rotatable bonds is 6. The third-order valence-corrected chi connectivity index (χ3v) is 11.7. The fourth-order valence-corrected chi connectivity index (χ4v) is 10.0. The highest BCUT2D eigenvalue weighted by Gasteiger charge is 2.83. The summed E-state index contributed by atoms with van der Waals surface area (Å²) in [4.78, 5) is 19.6. The minimum atomic E-state index is -1.43. The summed E-state index contributed by atoms with van der Waals surface area (Å²) in [6, 6.07) is 23.1. The van der Waals surface area contributed by atoms with Gasteiger partial charge in [-0.15, -0.1) is 24.8 Å². The first-order chi connectivity index (χ1) is 20.5. The summed E-state index contributed by atoms with van der Waals surface area (Å²) in [5.74, 6) is 1.20. The molecule has 3 N–H and O–H groups in total. The molecule has 232 valence electrons. The molecule has 4 aliphatic heterocycles. The molecule has 3 saturated heterocycles. The average molecular weight is 637 g/mol. The van der Waals surface area contributed by atoms with Crippen LogP contribution in [0.2, 0.25) is 0 Å². The van der Waals surface area contributed by atoms with Gasteiger partial charge in [0.15, 0.2) is 11.5 Å². The van der Waals surface area contributed by atoms with Gasteiger partial charge in [-0.3, -0.25) is 14.6 Å². The van der Waals surface area contributed by atoms with Gasteiger partial charge < -0.3 is 20.3 Å². The summed E-state index contributed by atoms with van der Waals surface area (Å²) in [5, 5.41) is 27.2. The molecule has 9 heteroatoms. The Bertz CT molecular complexity index is 1590. The van der Waals surface area contributed by atoms with E-state index in [1.54, 1.807) is 6.07 Å². The SMILES string of the molecule is Cl.Cl.O=C(Nc1ccccc1)[C@@H]1N(Cc2ccccc2)[C@@]23CC[C@]1(O)[C@@H]1Oc4c(O)ccc5c4[C@@]12CCN(CC1CC1)[C@@H]3C5. The number of phenolic OH excluding ortho intramolecular Hbond substituents is 1. The number of amides is 1. The molecular weight excluding hydrogens is 597 g/mol. The number of hydrogen-bond donors (Lipinski definition) is 3. The molecule has 3 aromatic carbocycles. The van der Waals surface area contributed by atoms with E-state index in [0.29, 0.717) is 24.4 Å². The number of phenols is 1. The second kappa shape index (κ2) is 10.4. The number of aromatic hydroxyl groups is 1. The second-order valence-corrected chi connectivity index (χ2v) is 13.6. The standard InChI is InChI=1S/C35H37N3O4.2ClH/c39-26-14-13-24-19-27-35-16-15-34(41,32-33(35,28(24)29(26)42-32)17-18-37(27)20-23-11-12-23)30(31(40)36-25-9-5-2-6-10-25)38(35)21-22-7-3-1-4-8-22;;/h1-10,13-14,23,27,30,32,39,41H,11-12,15-21H2,(H,36,40);2*1H/t27-,30+,32-,33+,34-,35-;;/m1../s1. The molecular formula is C35H39Cl2N3O4. The molecule has 1 amide bonds. The molecule has 4 heterocycles. The van der Waals surface area contributed by atoms with Crippen LogP contribution in [-0.4, -0.2) is 68.3 Å². The molecule has 10 rings (SSSR count). The number of ether oxygens (including phenoxy) is 1. The predicted octanol–water partition coefficient (Wildman–Crippen LogP) is 5.06. The monoisotopic (exact) mass is 635 g/mol. The maximum atomic E-state index is 14.5. The zero-order chi connectivity index (χ0) is 28.3. The van der Waals surface area contributed by atoms with Crippen molar-refractivity contribution in [2.45, 2.75) is 79.8 Å². The molecule has 3 aromatic rings. The summed E-state index contributed by atoms with van der Waals surface area (Å²) >= 11 is 0. The van der Waals surface area contributed by atoms with E-state index >= 15 is 0 Å². The Hall–Kier alpha value is -2.81. The number of benzene rings is 3. The molecule has 4 bridgehead atoms. The molecule has 2 saturated carbocycles. The third kappa shape index (κ3) is 3.77. The number of nitrogens with one attached hydrogen (secondary N) is 1. The van der Waals surface area contributed by atoms with E-state index in [2.05, 4.69) is 45.4 Å². The topological polar surface area (TPSA) is 85.3 Å². The second-order valence-electron chi connectivity index (χ2n) is 13.6. The van der Waals surface area contributed by atoms with Gasteiger partial charge in [-0.05, 0) is 80.3 Å². The summed E-state index contributed by atoms with van der Waals surface area (Å²) in [7, 11) is 0. The van der Waals surface area contributed by atoms with Crippen molar-refractivity contribution in [1.29, 1.82) is 0 Å². The van der Waals surface area contributed by atoms with Gasteiger partial charge in [0.25, 0.3) is 0 Å². The quantitative estimate of drug-likeness (QED) is 0.351. The normalized spacial score (nSPS) is 34.2. The minimum Gasteiger partial charge on any atom is -0.504 e. The molecule has 7 nitrogen and oxygen atoms in total. The first-order valence-corrected chi connectivity index (χ1v) is 15.6. The zero-order valence-corrected chi connectivity index (χ0v) is 26.2. The van der Waals surface area contributed by atoms with Gasteiger partial charge in [-0.2, -0.15) is 0 Å². The van der Waals surface area contributed by atoms with Crippen molar-refractivity contribution in [3.05, 3.63) is 89.5 Å². The number of aliphatic hydroxyl groups is 1. The molecule has 2 spiro atoms. The van der Waals surface area contributed by atoms with E-state index in [1.165, 1.54) is 18.4 Å². The number of likely N-dealkylation sites (tertiary alicyclic amines) is 1. The smallest absolute Gasteiger partial charge is 0.244 e. The molecule has 5 fully saturated rings. The zero-order valence-electron chi connectivity index (χ0n) is 24.5. The first kappa shape index (κ1) is 29.9. The maximum Gasteiger partial charge on any atom is 0.244 e. The Kier molecular flexibility index (Phi) is 7.03. The summed E-state index contributed by atoms with van der Waals surface area (Å²) in [5.41, 5.74) is 1.78. The highest BCUT2D eigenvalue weighted by atomic mass is 35.5. The number of nitrogens with zero attached hydrogens (tertiary/aromatic N) is 2. The number of halogens is 2. The van der Waals surface area contributed by atoms with Gasteiger partial charge >= 0.3 is 0 Å². The fourth-order valence-electron chi connectivity index (χ4n) is 10.0. The third-order valence-electron chi connectivity index (χ3n) is 11.7. The number of hydrogen-bond acceptors (Lipinski definition) is 6. The van der Waals surface area contributed by atoms with Crippen LogP contribution in [0, 0.1) is 5.92 Å². The number of carbonyl (C=O) groups excluding carboxylic acids is 1. The highest BCUT2D eigenvalue weighted by Crippen LogP contribution is 2.72. The van der Waals surface area contributed by atoms with Crippen molar-refractivity contribution in [3.8, 4) is 11.5 Å². The highest BCUT2D eigenvalue weighted by molar-refractivity contribution is 5.96. The van der Waals surface area contributed by atoms with Crippen LogP contribution in [0.1, 0.15) is 48.8 Å². The number of piperidine rings is 3. The lowest BCUT2D eigenvalue weighted by Crippen LogP contribution is -2.92. The van der Waals surface area contributed by atoms with Crippen molar-refractivity contribution < 1.29 is 19.7 Å². The Labute approximate surface area is 270 Å². The Balaban J connectivity index is 0.00000156. The molecule has 44 heavy (non-hydrogen) atoms. The van der Waals surface area contributed by atoms with Gasteiger partial charge in [0.2, 0.25) is 5.91 Å². The van der Waals surface area contributed by atoms with E-state index in [0.717, 1.165) is 49.4 Å². The van der Waals surface area contributed by atoms with Crippen LogP contribution in [0.15, 0.2) is 72.8 Å². The van der Waals surface area contributed by atoms with Crippen LogP contribution in [0.25, 0.3) is 0 Å². The van der Waals surface area contributed by atoms with Crippen molar-refractivity contribution in [1.82, 2.24) is 9.80 Å². The lowest BCUT2D eigenvalue weighted by Gasteiger charge is -2.76. The molecule has 3 aliphatic carbocycles. The van der Waals surface area contributed by atoms with E-state index in [4.69, 9.17) is 4.74 Å². The predicted molar refractivity (Wildman–Crippen MR) is 173 cm³/mol. The first-order valence-electron chi connectivity index (χ1n) is 15.6. The summed E-state index contributed by atoms with van der Waals surface area (Å²) < 4.78 is 6.77. The molecule has 7 aliphatic rings. The number of para-hydroxylation sites is 1. The van der Waals surface area contributed by atoms with Crippen LogP contribution in [0.4, 0.5) is 5.69 Å². The van der Waals surface area contributed by atoms with Gasteiger partial charge in [0.1, 0.15) is 17.7 Å². The van der Waals surface area contributed by atoms with E-state index in [-0.39, 0.29) is 42.5 Å². The molecule has 0 radical (unpaired) electrons. The lowest BCUT2D eigenvalue weighted by atomic mass is 9.40. The molecule has 6 atom stereocenters. The molecule has 0 aromatic heterocycles. The fraction of sp³-hybridized carbons (Fsp3) is 0.457. The summed E-state index contributed by atoms with van der Waals surface area (Å²) in [6.45, 7) is 2.58. The van der Waals surface area contributed by atoms with Gasteiger partial charge in [-0.1, -0.05) is 54.6 Å². The van der Waals surface area contributed by atoms with Crippen LogP contribution >= 0.6 is 24.8 Å². The van der Waals surface area contributed by atoms with Gasteiger partial charge in [0, 0.05) is 30.4 Å². The maximum absolute atomic E-state index is 14.5. The van der Waals surface area contributed by atoms with Crippen LogP contribution in [0.5, 0.6) is 11.5 Å². The minimum absolute atomic E-state index is 0. The van der Waals surface area contributed by atoms with E-state index in [9.17, 15) is 15.0 Å². The largest absolute Gasteiger partial charge is 0.504 e. The van der Waals surface area contributed by atoms with Gasteiger partial charge in [-0.25, -0.2) is 0 Å². The summed E-state index contributed by atoms with van der Waals surface area (Å²) in [6.07, 6.45) is 4.93. The van der Waals surface area contributed by atoms with Crippen LogP contribution in [-0.2, 0) is 23.2 Å². The molecule has 0 unspecified atom stereocenters. The number of carbonyl (C=O) groups is 1. The lowest BCUT2D eigenvalue weighted by molar-refractivity contribution is -0.288. The Morgan fingerprint density at radius 2 is 1.68 bits per heavy atom. The van der Waals surface area contributed by atoms with Crippen molar-refractivity contribution in [2.75, 3.05) is 18.4 Å². The number of anilines is 1. The van der Waals surface area contributed by atoms with Crippen LogP contribution < -0.4 is 10.1 Å². The van der Waals surface area contributed by atoms with Crippen molar-refractivity contribution >= 4 is 36.4 Å². The average Bonchev–Trinajstić information content (AvgIpc) is 3.74.